The standard InChI is InChI=1S/C26H23N3/c1-4-10-20(11-5-1)18-29-17-16-23-24(19-29)27-26(22-14-8-3-9-15-22)28-25(23)21-12-6-2-7-13-21/h1-15H,16-19H2. The topological polar surface area (TPSA) is 29.0 Å². The van der Waals surface area contributed by atoms with Gasteiger partial charge in [-0.05, 0) is 12.0 Å². The fourth-order valence-electron chi connectivity index (χ4n) is 4.01. The maximum absolute atomic E-state index is 5.01. The Kier molecular flexibility index (Phi) is 4.89. The van der Waals surface area contributed by atoms with Crippen molar-refractivity contribution >= 4 is 0 Å². The van der Waals surface area contributed by atoms with Crippen LogP contribution >= 0.6 is 0 Å². The van der Waals surface area contributed by atoms with Crippen LogP contribution < -0.4 is 0 Å². The number of nitrogens with zero attached hydrogens (tertiary/aromatic N) is 3. The molecule has 3 aromatic carbocycles. The minimum Gasteiger partial charge on any atom is -0.293 e. The van der Waals surface area contributed by atoms with E-state index in [1.54, 1.807) is 0 Å². The molecule has 3 nitrogen and oxygen atoms in total. The molecular formula is C26H23N3. The highest BCUT2D eigenvalue weighted by molar-refractivity contribution is 5.68. The Morgan fingerprint density at radius 2 is 1.31 bits per heavy atom. The van der Waals surface area contributed by atoms with Crippen LogP contribution in [0.3, 0.4) is 0 Å². The molecule has 1 aromatic heterocycles. The van der Waals surface area contributed by atoms with Gasteiger partial charge in [-0.25, -0.2) is 9.97 Å². The van der Waals surface area contributed by atoms with Crippen LogP contribution in [0, 0.1) is 0 Å². The lowest BCUT2D eigenvalue weighted by atomic mass is 9.97. The summed E-state index contributed by atoms with van der Waals surface area (Å²) in [6, 6.07) is 31.5. The average molecular weight is 377 g/mol. The lowest BCUT2D eigenvalue weighted by molar-refractivity contribution is 0.241. The number of hydrogen-bond acceptors (Lipinski definition) is 3. The molecule has 4 aromatic rings. The van der Waals surface area contributed by atoms with Gasteiger partial charge in [-0.15, -0.1) is 0 Å². The molecule has 0 radical (unpaired) electrons. The third-order valence-electron chi connectivity index (χ3n) is 5.47. The minimum atomic E-state index is 0.810. The van der Waals surface area contributed by atoms with Crippen molar-refractivity contribution in [2.45, 2.75) is 19.5 Å². The molecular weight excluding hydrogens is 354 g/mol. The van der Waals surface area contributed by atoms with E-state index in [2.05, 4.69) is 77.7 Å². The Morgan fingerprint density at radius 3 is 2.00 bits per heavy atom. The van der Waals surface area contributed by atoms with E-state index in [-0.39, 0.29) is 0 Å². The second-order valence-electron chi connectivity index (χ2n) is 7.50. The molecule has 0 N–H and O–H groups in total. The Labute approximate surface area is 171 Å². The molecule has 5 rings (SSSR count). The molecule has 0 atom stereocenters. The molecule has 0 aliphatic carbocycles. The minimum absolute atomic E-state index is 0.810. The first kappa shape index (κ1) is 17.8. The van der Waals surface area contributed by atoms with E-state index in [1.165, 1.54) is 16.7 Å². The number of fused-ring (bicyclic) bond motifs is 1. The quantitative estimate of drug-likeness (QED) is 0.479. The van der Waals surface area contributed by atoms with Crippen molar-refractivity contribution in [1.82, 2.24) is 14.9 Å². The average Bonchev–Trinajstić information content (AvgIpc) is 2.80. The van der Waals surface area contributed by atoms with Gasteiger partial charge in [-0.1, -0.05) is 91.0 Å². The van der Waals surface area contributed by atoms with Gasteiger partial charge in [0.1, 0.15) is 0 Å². The van der Waals surface area contributed by atoms with E-state index in [0.717, 1.165) is 48.8 Å². The van der Waals surface area contributed by atoms with Crippen LogP contribution in [0.15, 0.2) is 91.0 Å². The highest BCUT2D eigenvalue weighted by Gasteiger charge is 2.23. The monoisotopic (exact) mass is 377 g/mol. The van der Waals surface area contributed by atoms with Crippen molar-refractivity contribution in [3.63, 3.8) is 0 Å². The van der Waals surface area contributed by atoms with Crippen molar-refractivity contribution in [3.05, 3.63) is 108 Å². The highest BCUT2D eigenvalue weighted by Crippen LogP contribution is 2.31. The molecule has 0 spiro atoms. The normalized spacial score (nSPS) is 13.8. The van der Waals surface area contributed by atoms with Gasteiger partial charge >= 0.3 is 0 Å². The van der Waals surface area contributed by atoms with Crippen LogP contribution in [-0.4, -0.2) is 21.4 Å². The van der Waals surface area contributed by atoms with Crippen molar-refractivity contribution in [2.24, 2.45) is 0 Å². The van der Waals surface area contributed by atoms with E-state index in [4.69, 9.17) is 9.97 Å². The van der Waals surface area contributed by atoms with Gasteiger partial charge in [0.25, 0.3) is 0 Å². The molecule has 3 heteroatoms. The number of benzene rings is 3. The van der Waals surface area contributed by atoms with Crippen LogP contribution in [0.2, 0.25) is 0 Å². The summed E-state index contributed by atoms with van der Waals surface area (Å²) >= 11 is 0. The van der Waals surface area contributed by atoms with Gasteiger partial charge < -0.3 is 0 Å². The maximum Gasteiger partial charge on any atom is 0.160 e. The maximum atomic E-state index is 5.01. The lowest BCUT2D eigenvalue weighted by Gasteiger charge is -2.29. The largest absolute Gasteiger partial charge is 0.293 e. The van der Waals surface area contributed by atoms with Crippen LogP contribution in [0.4, 0.5) is 0 Å². The Hall–Kier alpha value is -3.30. The van der Waals surface area contributed by atoms with Crippen molar-refractivity contribution in [3.8, 4) is 22.6 Å². The fraction of sp³-hybridized carbons (Fsp3) is 0.154. The second-order valence-corrected chi connectivity index (χ2v) is 7.50. The van der Waals surface area contributed by atoms with E-state index in [1.807, 2.05) is 18.2 Å². The number of aromatic nitrogens is 2. The molecule has 0 bridgehead atoms. The first-order chi connectivity index (χ1) is 14.4. The summed E-state index contributed by atoms with van der Waals surface area (Å²) in [5.41, 5.74) is 7.10. The first-order valence-corrected chi connectivity index (χ1v) is 10.1. The van der Waals surface area contributed by atoms with E-state index < -0.39 is 0 Å². The van der Waals surface area contributed by atoms with Gasteiger partial charge in [0.2, 0.25) is 0 Å². The lowest BCUT2D eigenvalue weighted by Crippen LogP contribution is -2.31. The first-order valence-electron chi connectivity index (χ1n) is 10.1. The predicted octanol–water partition coefficient (Wildman–Crippen LogP) is 5.37. The molecule has 0 fully saturated rings. The Bertz CT molecular complexity index is 1090. The number of rotatable bonds is 4. The van der Waals surface area contributed by atoms with Crippen molar-refractivity contribution < 1.29 is 0 Å². The summed E-state index contributed by atoms with van der Waals surface area (Å²) in [5, 5.41) is 0. The molecule has 0 amide bonds. The van der Waals surface area contributed by atoms with Crippen molar-refractivity contribution in [1.29, 1.82) is 0 Å². The van der Waals surface area contributed by atoms with E-state index in [9.17, 15) is 0 Å². The fourth-order valence-corrected chi connectivity index (χ4v) is 4.01. The Balaban J connectivity index is 1.55. The molecule has 29 heavy (non-hydrogen) atoms. The van der Waals surface area contributed by atoms with Gasteiger partial charge in [0.05, 0.1) is 11.4 Å². The third-order valence-corrected chi connectivity index (χ3v) is 5.47. The van der Waals surface area contributed by atoms with Gasteiger partial charge in [-0.3, -0.25) is 4.90 Å². The second kappa shape index (κ2) is 7.98. The van der Waals surface area contributed by atoms with Crippen molar-refractivity contribution in [2.75, 3.05) is 6.54 Å². The zero-order valence-electron chi connectivity index (χ0n) is 16.3. The summed E-state index contributed by atoms with van der Waals surface area (Å²) < 4.78 is 0. The molecule has 1 aliphatic heterocycles. The third kappa shape index (κ3) is 3.82. The molecule has 2 heterocycles. The zero-order valence-corrected chi connectivity index (χ0v) is 16.3. The highest BCUT2D eigenvalue weighted by atomic mass is 15.1. The van der Waals surface area contributed by atoms with E-state index in [0.29, 0.717) is 0 Å². The Morgan fingerprint density at radius 1 is 0.690 bits per heavy atom. The molecule has 142 valence electrons. The molecule has 1 aliphatic rings. The van der Waals surface area contributed by atoms with Gasteiger partial charge in [0, 0.05) is 36.3 Å². The predicted molar refractivity (Wildman–Crippen MR) is 117 cm³/mol. The van der Waals surface area contributed by atoms with Crippen LogP contribution in [0.25, 0.3) is 22.6 Å². The molecule has 0 unspecified atom stereocenters. The van der Waals surface area contributed by atoms with Crippen LogP contribution in [0.1, 0.15) is 16.8 Å². The van der Waals surface area contributed by atoms with Crippen LogP contribution in [0.5, 0.6) is 0 Å². The SMILES string of the molecule is c1ccc(CN2CCc3c(nc(-c4ccccc4)nc3-c3ccccc3)C2)cc1. The smallest absolute Gasteiger partial charge is 0.160 e. The molecule has 0 saturated heterocycles. The summed E-state index contributed by atoms with van der Waals surface area (Å²) in [7, 11) is 0. The summed E-state index contributed by atoms with van der Waals surface area (Å²) in [5.74, 6) is 0.810. The number of hydrogen-bond donors (Lipinski definition) is 0. The summed E-state index contributed by atoms with van der Waals surface area (Å²) in [4.78, 5) is 12.5. The molecule has 0 saturated carbocycles. The summed E-state index contributed by atoms with van der Waals surface area (Å²) in [6.45, 7) is 2.83. The van der Waals surface area contributed by atoms with Gasteiger partial charge in [0.15, 0.2) is 5.82 Å². The summed E-state index contributed by atoms with van der Waals surface area (Å²) in [6.07, 6.45) is 0.974. The van der Waals surface area contributed by atoms with Gasteiger partial charge in [-0.2, -0.15) is 0 Å². The van der Waals surface area contributed by atoms with E-state index >= 15 is 0 Å². The zero-order chi connectivity index (χ0) is 19.5. The van der Waals surface area contributed by atoms with Crippen LogP contribution in [-0.2, 0) is 19.5 Å².